The average molecular weight is 203 g/mol. The van der Waals surface area contributed by atoms with Crippen LogP contribution in [0.2, 0.25) is 0 Å². The SMILES string of the molecule is CC(C)(C)CN(CCCCO)C(=O)O. The molecule has 0 heterocycles. The van der Waals surface area contributed by atoms with E-state index < -0.39 is 6.09 Å². The van der Waals surface area contributed by atoms with Gasteiger partial charge in [-0.05, 0) is 18.3 Å². The lowest BCUT2D eigenvalue weighted by molar-refractivity contribution is 0.124. The summed E-state index contributed by atoms with van der Waals surface area (Å²) in [6, 6.07) is 0. The van der Waals surface area contributed by atoms with Crippen LogP contribution in [0.5, 0.6) is 0 Å². The van der Waals surface area contributed by atoms with E-state index in [2.05, 4.69) is 0 Å². The van der Waals surface area contributed by atoms with E-state index in [0.717, 1.165) is 6.42 Å². The minimum Gasteiger partial charge on any atom is -0.465 e. The highest BCUT2D eigenvalue weighted by atomic mass is 16.4. The van der Waals surface area contributed by atoms with Crippen LogP contribution in [0.4, 0.5) is 4.79 Å². The van der Waals surface area contributed by atoms with Crippen LogP contribution in [0.3, 0.4) is 0 Å². The zero-order valence-electron chi connectivity index (χ0n) is 9.29. The van der Waals surface area contributed by atoms with Gasteiger partial charge in [0, 0.05) is 19.7 Å². The maximum atomic E-state index is 10.8. The van der Waals surface area contributed by atoms with Gasteiger partial charge in [0.2, 0.25) is 0 Å². The molecule has 0 unspecified atom stereocenters. The minimum absolute atomic E-state index is 0.0163. The summed E-state index contributed by atoms with van der Waals surface area (Å²) >= 11 is 0. The zero-order valence-corrected chi connectivity index (χ0v) is 9.29. The zero-order chi connectivity index (χ0) is 11.2. The van der Waals surface area contributed by atoms with Crippen molar-refractivity contribution in [3.8, 4) is 0 Å². The minimum atomic E-state index is -0.877. The van der Waals surface area contributed by atoms with E-state index in [0.29, 0.717) is 19.5 Å². The number of nitrogens with zero attached hydrogens (tertiary/aromatic N) is 1. The first-order chi connectivity index (χ1) is 6.37. The summed E-state index contributed by atoms with van der Waals surface area (Å²) < 4.78 is 0. The Balaban J connectivity index is 3.97. The lowest BCUT2D eigenvalue weighted by Crippen LogP contribution is -2.37. The lowest BCUT2D eigenvalue weighted by Gasteiger charge is -2.27. The topological polar surface area (TPSA) is 60.8 Å². The Morgan fingerprint density at radius 3 is 2.21 bits per heavy atom. The summed E-state index contributed by atoms with van der Waals surface area (Å²) in [5, 5.41) is 17.5. The molecule has 0 bridgehead atoms. The van der Waals surface area contributed by atoms with Gasteiger partial charge in [-0.1, -0.05) is 20.8 Å². The van der Waals surface area contributed by atoms with Crippen molar-refractivity contribution in [2.75, 3.05) is 19.7 Å². The molecule has 0 rings (SSSR count). The third-order valence-corrected chi connectivity index (χ3v) is 1.77. The van der Waals surface area contributed by atoms with Gasteiger partial charge in [-0.15, -0.1) is 0 Å². The second-order valence-electron chi connectivity index (χ2n) is 4.70. The van der Waals surface area contributed by atoms with E-state index in [1.54, 1.807) is 0 Å². The molecule has 84 valence electrons. The fourth-order valence-corrected chi connectivity index (χ4v) is 1.23. The number of rotatable bonds is 5. The van der Waals surface area contributed by atoms with E-state index in [1.807, 2.05) is 20.8 Å². The summed E-state index contributed by atoms with van der Waals surface area (Å²) in [6.45, 7) is 7.20. The third-order valence-electron chi connectivity index (χ3n) is 1.77. The van der Waals surface area contributed by atoms with Gasteiger partial charge in [0.05, 0.1) is 0 Å². The summed E-state index contributed by atoms with van der Waals surface area (Å²) in [7, 11) is 0. The van der Waals surface area contributed by atoms with Crippen LogP contribution in [0.15, 0.2) is 0 Å². The van der Waals surface area contributed by atoms with E-state index >= 15 is 0 Å². The summed E-state index contributed by atoms with van der Waals surface area (Å²) in [5.41, 5.74) is -0.0163. The predicted octanol–water partition coefficient (Wildman–Crippen LogP) is 1.79. The van der Waals surface area contributed by atoms with Gasteiger partial charge in [-0.25, -0.2) is 4.79 Å². The molecule has 0 aromatic carbocycles. The first-order valence-corrected chi connectivity index (χ1v) is 4.95. The molecular formula is C10H21NO3. The number of amides is 1. The van der Waals surface area contributed by atoms with Crippen molar-refractivity contribution in [3.63, 3.8) is 0 Å². The summed E-state index contributed by atoms with van der Waals surface area (Å²) in [6.07, 6.45) is 0.505. The van der Waals surface area contributed by atoms with Crippen molar-refractivity contribution in [2.45, 2.75) is 33.6 Å². The van der Waals surface area contributed by atoms with Crippen molar-refractivity contribution < 1.29 is 15.0 Å². The summed E-state index contributed by atoms with van der Waals surface area (Å²) in [5.74, 6) is 0. The van der Waals surface area contributed by atoms with Crippen LogP contribution in [-0.4, -0.2) is 40.9 Å². The van der Waals surface area contributed by atoms with Crippen molar-refractivity contribution in [1.82, 2.24) is 4.90 Å². The molecule has 0 aromatic heterocycles. The van der Waals surface area contributed by atoms with E-state index in [1.165, 1.54) is 4.90 Å². The van der Waals surface area contributed by atoms with E-state index in [4.69, 9.17) is 10.2 Å². The normalized spacial score (nSPS) is 11.4. The Labute approximate surface area is 85.5 Å². The third kappa shape index (κ3) is 6.71. The van der Waals surface area contributed by atoms with Crippen LogP contribution in [0.25, 0.3) is 0 Å². The van der Waals surface area contributed by atoms with Crippen LogP contribution < -0.4 is 0 Å². The molecule has 0 aliphatic carbocycles. The molecule has 14 heavy (non-hydrogen) atoms. The molecule has 0 spiro atoms. The first-order valence-electron chi connectivity index (χ1n) is 4.95. The molecule has 4 nitrogen and oxygen atoms in total. The molecule has 0 saturated heterocycles. The number of carboxylic acid groups (broad SMARTS) is 1. The molecule has 0 radical (unpaired) electrons. The number of aliphatic hydroxyl groups excluding tert-OH is 1. The maximum absolute atomic E-state index is 10.8. The quantitative estimate of drug-likeness (QED) is 0.670. The van der Waals surface area contributed by atoms with Gasteiger partial charge < -0.3 is 15.1 Å². The molecule has 0 fully saturated rings. The Bertz CT molecular complexity index is 175. The summed E-state index contributed by atoms with van der Waals surface area (Å²) in [4.78, 5) is 12.2. The van der Waals surface area contributed by atoms with Crippen LogP contribution in [-0.2, 0) is 0 Å². The smallest absolute Gasteiger partial charge is 0.407 e. The Hall–Kier alpha value is -0.770. The standard InChI is InChI=1S/C10H21NO3/c1-10(2,3)8-11(9(13)14)6-4-5-7-12/h12H,4-8H2,1-3H3,(H,13,14). The molecule has 0 atom stereocenters. The number of aliphatic hydroxyl groups is 1. The van der Waals surface area contributed by atoms with Crippen molar-refractivity contribution in [3.05, 3.63) is 0 Å². The average Bonchev–Trinajstić information content (AvgIpc) is 2.00. The largest absolute Gasteiger partial charge is 0.465 e. The van der Waals surface area contributed by atoms with Crippen molar-refractivity contribution in [2.24, 2.45) is 5.41 Å². The highest BCUT2D eigenvalue weighted by Gasteiger charge is 2.19. The second-order valence-corrected chi connectivity index (χ2v) is 4.70. The van der Waals surface area contributed by atoms with Gasteiger partial charge in [0.15, 0.2) is 0 Å². The molecule has 4 heteroatoms. The highest BCUT2D eigenvalue weighted by Crippen LogP contribution is 2.15. The molecule has 0 saturated carbocycles. The van der Waals surface area contributed by atoms with Crippen LogP contribution in [0.1, 0.15) is 33.6 Å². The monoisotopic (exact) mass is 203 g/mol. The van der Waals surface area contributed by atoms with E-state index in [-0.39, 0.29) is 12.0 Å². The fraction of sp³-hybridized carbons (Fsp3) is 0.900. The molecule has 0 aliphatic rings. The first kappa shape index (κ1) is 13.2. The molecule has 0 aromatic rings. The molecule has 1 amide bonds. The van der Waals surface area contributed by atoms with Gasteiger partial charge in [0.25, 0.3) is 0 Å². The lowest BCUT2D eigenvalue weighted by atomic mass is 9.96. The number of hydrogen-bond acceptors (Lipinski definition) is 2. The fourth-order valence-electron chi connectivity index (χ4n) is 1.23. The van der Waals surface area contributed by atoms with Gasteiger partial charge in [-0.2, -0.15) is 0 Å². The van der Waals surface area contributed by atoms with E-state index in [9.17, 15) is 4.79 Å². The van der Waals surface area contributed by atoms with Crippen molar-refractivity contribution in [1.29, 1.82) is 0 Å². The Morgan fingerprint density at radius 1 is 1.29 bits per heavy atom. The van der Waals surface area contributed by atoms with Crippen molar-refractivity contribution >= 4 is 6.09 Å². The van der Waals surface area contributed by atoms with Gasteiger partial charge >= 0.3 is 6.09 Å². The van der Waals surface area contributed by atoms with Crippen LogP contribution in [0, 0.1) is 5.41 Å². The highest BCUT2D eigenvalue weighted by molar-refractivity contribution is 5.64. The number of carbonyl (C=O) groups is 1. The maximum Gasteiger partial charge on any atom is 0.407 e. The van der Waals surface area contributed by atoms with Crippen LogP contribution >= 0.6 is 0 Å². The molecular weight excluding hydrogens is 182 g/mol. The Morgan fingerprint density at radius 2 is 1.86 bits per heavy atom. The Kier molecular flexibility index (Phi) is 5.53. The number of unbranched alkanes of at least 4 members (excludes halogenated alkanes) is 1. The molecule has 0 aliphatic heterocycles. The van der Waals surface area contributed by atoms with Gasteiger partial charge in [-0.3, -0.25) is 0 Å². The number of hydrogen-bond donors (Lipinski definition) is 2. The predicted molar refractivity (Wildman–Crippen MR) is 55.4 cm³/mol. The molecule has 2 N–H and O–H groups in total. The van der Waals surface area contributed by atoms with Gasteiger partial charge in [0.1, 0.15) is 0 Å². The second kappa shape index (κ2) is 5.86.